The van der Waals surface area contributed by atoms with Gasteiger partial charge in [-0.1, -0.05) is 0 Å². The van der Waals surface area contributed by atoms with E-state index < -0.39 is 11.9 Å². The summed E-state index contributed by atoms with van der Waals surface area (Å²) in [5.41, 5.74) is 0. The summed E-state index contributed by atoms with van der Waals surface area (Å²) in [7, 11) is 0. The molecule has 63 valence electrons. The van der Waals surface area contributed by atoms with E-state index in [9.17, 15) is 0 Å². The van der Waals surface area contributed by atoms with Crippen LogP contribution in [0.2, 0.25) is 0 Å². The van der Waals surface area contributed by atoms with Crippen molar-refractivity contribution in [2.75, 3.05) is 0 Å². The Bertz CT molecular complexity index is 86.7. The van der Waals surface area contributed by atoms with E-state index in [0.29, 0.717) is 23.0 Å². The van der Waals surface area contributed by atoms with Crippen molar-refractivity contribution in [1.82, 2.24) is 0 Å². The zero-order valence-electron chi connectivity index (χ0n) is 5.87. The summed E-state index contributed by atoms with van der Waals surface area (Å²) in [6.45, 7) is 1.94. The molecule has 0 saturated carbocycles. The van der Waals surface area contributed by atoms with Crippen LogP contribution in [0.3, 0.4) is 0 Å². The van der Waals surface area contributed by atoms with Crippen molar-refractivity contribution in [3.63, 3.8) is 0 Å². The summed E-state index contributed by atoms with van der Waals surface area (Å²) in [5, 5.41) is 17.8. The first-order valence-electron chi connectivity index (χ1n) is 2.00. The monoisotopic (exact) mass is 310 g/mol. The van der Waals surface area contributed by atoms with E-state index in [1.165, 1.54) is 0 Å². The van der Waals surface area contributed by atoms with Gasteiger partial charge in [0, 0.05) is 11.9 Å². The molecule has 0 N–H and O–H groups in total. The number of rotatable bonds is 0. The van der Waals surface area contributed by atoms with Crippen LogP contribution >= 0.6 is 0 Å². The molecule has 0 heterocycles. The van der Waals surface area contributed by atoms with Gasteiger partial charge < -0.3 is 19.8 Å². The van der Waals surface area contributed by atoms with Crippen LogP contribution in [0, 0.1) is 0 Å². The third-order valence-electron chi connectivity index (χ3n) is 0. The van der Waals surface area contributed by atoms with Crippen LogP contribution in [-0.2, 0) is 29.7 Å². The molecule has 0 aliphatic carbocycles. The standard InChI is InChI=1S/2C2H4O2.Mn.O.Sb/c2*1-2(3)4;;;/h2*1H3,(H,3,4);;;/q;;+2;;+1/p-2. The Labute approximate surface area is 88.5 Å². The Hall–Kier alpha value is 0.0777. The molecule has 0 spiro atoms. The Kier molecular flexibility index (Phi) is 45.9. The Balaban J connectivity index is -0.0000000339. The maximum absolute atomic E-state index is 8.89. The predicted molar refractivity (Wildman–Crippen MR) is 27.8 cm³/mol. The fourth-order valence-corrected chi connectivity index (χ4v) is 0. The van der Waals surface area contributed by atoms with Gasteiger partial charge in [0.25, 0.3) is 0 Å². The summed E-state index contributed by atoms with van der Waals surface area (Å²) < 4.78 is 8.30. The van der Waals surface area contributed by atoms with E-state index >= 15 is 0 Å². The van der Waals surface area contributed by atoms with Crippen LogP contribution < -0.4 is 10.2 Å². The van der Waals surface area contributed by atoms with Gasteiger partial charge in [-0.2, -0.15) is 0 Å². The van der Waals surface area contributed by atoms with E-state index in [2.05, 4.69) is 0 Å². The number of carboxylic acids is 2. The number of hydrogen-bond donors (Lipinski definition) is 0. The molecule has 0 unspecified atom stereocenters. The first kappa shape index (κ1) is 22.5. The maximum atomic E-state index is 8.89. The number of carboxylic acid groups (broad SMARTS) is 2. The second kappa shape index (κ2) is 22.5. The fraction of sp³-hybridized carbons (Fsp3) is 0.500. The van der Waals surface area contributed by atoms with Crippen molar-refractivity contribution in [3.05, 3.63) is 0 Å². The van der Waals surface area contributed by atoms with E-state index in [1.54, 1.807) is 0 Å². The molecule has 0 atom stereocenters. The number of hydrogen-bond acceptors (Lipinski definition) is 5. The molecular formula is C4H6MnO5Sb+. The third-order valence-corrected chi connectivity index (χ3v) is 0. The fourth-order valence-electron chi connectivity index (χ4n) is 0. The zero-order chi connectivity index (χ0) is 9.15. The number of carbonyl (C=O) groups excluding carboxylic acids is 2. The normalized spacial score (nSPS) is 4.91. The van der Waals surface area contributed by atoms with Gasteiger partial charge in [0.05, 0.1) is 0 Å². The molecule has 0 aliphatic rings. The van der Waals surface area contributed by atoms with Crippen LogP contribution in [0.25, 0.3) is 0 Å². The van der Waals surface area contributed by atoms with Crippen LogP contribution in [0.1, 0.15) is 13.8 Å². The van der Waals surface area contributed by atoms with E-state index in [1.807, 2.05) is 0 Å². The number of aliphatic carboxylic acids is 2. The molecule has 3 radical (unpaired) electrons. The molecule has 0 aromatic rings. The second-order valence-corrected chi connectivity index (χ2v) is 0.983. The molecular weight excluding hydrogens is 305 g/mol. The van der Waals surface area contributed by atoms with E-state index in [4.69, 9.17) is 22.8 Å². The average Bonchev–Trinajstić information content (AvgIpc) is 1.66. The van der Waals surface area contributed by atoms with Gasteiger partial charge in [-0.25, -0.2) is 0 Å². The quantitative estimate of drug-likeness (QED) is 0.445. The first-order valence-corrected chi connectivity index (χ1v) is 3.04. The molecule has 11 heavy (non-hydrogen) atoms. The molecule has 5 nitrogen and oxygen atoms in total. The summed E-state index contributed by atoms with van der Waals surface area (Å²) >= 11 is 0.500. The topological polar surface area (TPSA) is 97.3 Å². The summed E-state index contributed by atoms with van der Waals surface area (Å²) in [5.74, 6) is -2.17. The van der Waals surface area contributed by atoms with Crippen molar-refractivity contribution < 1.29 is 39.9 Å². The van der Waals surface area contributed by atoms with Crippen molar-refractivity contribution in [3.8, 4) is 0 Å². The van der Waals surface area contributed by atoms with Crippen molar-refractivity contribution >= 4 is 35.0 Å². The van der Waals surface area contributed by atoms with Gasteiger partial charge >= 0.3 is 43.1 Å². The van der Waals surface area contributed by atoms with Gasteiger partial charge in [0.1, 0.15) is 0 Å². The van der Waals surface area contributed by atoms with Crippen LogP contribution in [0.4, 0.5) is 0 Å². The van der Waals surface area contributed by atoms with Crippen LogP contribution in [0.5, 0.6) is 0 Å². The molecule has 0 aliphatic heterocycles. The van der Waals surface area contributed by atoms with Gasteiger partial charge in [-0.05, 0) is 13.8 Å². The SMILES string of the molecule is CC(=O)[O-].CC(=O)[O-].[Mn+2].[O]=[Sb+]. The van der Waals surface area contributed by atoms with Gasteiger partial charge in [-0.15, -0.1) is 0 Å². The summed E-state index contributed by atoms with van der Waals surface area (Å²) in [6.07, 6.45) is 0. The molecule has 0 aromatic heterocycles. The predicted octanol–water partition coefficient (Wildman–Crippen LogP) is -2.99. The number of carbonyl (C=O) groups is 2. The molecule has 0 fully saturated rings. The molecule has 0 amide bonds. The summed E-state index contributed by atoms with van der Waals surface area (Å²) in [6, 6.07) is 0. The Morgan fingerprint density at radius 2 is 1.00 bits per heavy atom. The summed E-state index contributed by atoms with van der Waals surface area (Å²) in [4.78, 5) is 17.8. The zero-order valence-corrected chi connectivity index (χ0v) is 9.60. The Morgan fingerprint density at radius 1 is 1.00 bits per heavy atom. The molecule has 0 aromatic carbocycles. The van der Waals surface area contributed by atoms with Crippen LogP contribution in [-0.4, -0.2) is 35.0 Å². The average molecular weight is 311 g/mol. The van der Waals surface area contributed by atoms with Gasteiger partial charge in [0.2, 0.25) is 0 Å². The first-order chi connectivity index (χ1) is 4.46. The van der Waals surface area contributed by atoms with Gasteiger partial charge in [0.15, 0.2) is 0 Å². The third kappa shape index (κ3) is 109000. The molecule has 0 bridgehead atoms. The van der Waals surface area contributed by atoms with Crippen LogP contribution in [0.15, 0.2) is 0 Å². The second-order valence-electron chi connectivity index (χ2n) is 0.983. The molecule has 0 saturated heterocycles. The van der Waals surface area contributed by atoms with Crippen molar-refractivity contribution in [2.45, 2.75) is 13.8 Å². The van der Waals surface area contributed by atoms with E-state index in [-0.39, 0.29) is 17.1 Å². The molecule has 0 rings (SSSR count). The van der Waals surface area contributed by atoms with Crippen molar-refractivity contribution in [1.29, 1.82) is 0 Å². The molecule has 7 heteroatoms. The Morgan fingerprint density at radius 3 is 1.00 bits per heavy atom. The van der Waals surface area contributed by atoms with Gasteiger partial charge in [-0.3, -0.25) is 0 Å². The minimum absolute atomic E-state index is 0. The van der Waals surface area contributed by atoms with Crippen molar-refractivity contribution in [2.24, 2.45) is 0 Å². The minimum atomic E-state index is -1.08. The van der Waals surface area contributed by atoms with E-state index in [0.717, 1.165) is 13.8 Å².